The van der Waals surface area contributed by atoms with Crippen molar-refractivity contribution >= 4 is 31.5 Å². The number of carbonyl (C=O) groups is 1. The number of benzene rings is 1. The van der Waals surface area contributed by atoms with Gasteiger partial charge in [-0.3, -0.25) is 14.5 Å². The SMILES string of the molecule is CCN=S1(=O)CCC2(CC1)CN(C(=O)CN=C1NS(=O)(=O)c3ccccc31)CCO2. The number of fused-ring (bicyclic) bond motifs is 1. The van der Waals surface area contributed by atoms with Crippen LogP contribution in [-0.2, 0) is 29.3 Å². The number of carbonyl (C=O) groups excluding carboxylic acids is 1. The molecule has 0 bridgehead atoms. The zero-order valence-corrected chi connectivity index (χ0v) is 18.5. The van der Waals surface area contributed by atoms with Crippen LogP contribution in [0.25, 0.3) is 0 Å². The number of amides is 1. The molecule has 0 saturated carbocycles. The fourth-order valence-corrected chi connectivity index (χ4v) is 7.71. The van der Waals surface area contributed by atoms with E-state index in [2.05, 4.69) is 14.1 Å². The van der Waals surface area contributed by atoms with Crippen LogP contribution in [0, 0.1) is 0 Å². The number of aliphatic imine (C=N–C) groups is 1. The summed E-state index contributed by atoms with van der Waals surface area (Å²) in [6.45, 7) is 3.60. The zero-order valence-electron chi connectivity index (χ0n) is 16.9. The van der Waals surface area contributed by atoms with E-state index in [1.165, 1.54) is 6.07 Å². The second kappa shape index (κ2) is 7.93. The Bertz CT molecular complexity index is 1090. The highest BCUT2D eigenvalue weighted by atomic mass is 32.2. The molecule has 1 aromatic carbocycles. The highest BCUT2D eigenvalue weighted by Gasteiger charge is 2.42. The molecule has 0 unspecified atom stereocenters. The van der Waals surface area contributed by atoms with E-state index in [9.17, 15) is 17.4 Å². The molecule has 2 fully saturated rings. The predicted octanol–water partition coefficient (Wildman–Crippen LogP) is 0.604. The maximum Gasteiger partial charge on any atom is 0.263 e. The molecule has 1 spiro atoms. The Morgan fingerprint density at radius 3 is 2.70 bits per heavy atom. The number of amidine groups is 1. The van der Waals surface area contributed by atoms with Gasteiger partial charge in [0.1, 0.15) is 12.4 Å². The summed E-state index contributed by atoms with van der Waals surface area (Å²) in [6, 6.07) is 6.56. The third-order valence-corrected chi connectivity index (χ3v) is 9.56. The first-order valence-electron chi connectivity index (χ1n) is 10.0. The lowest BCUT2D eigenvalue weighted by Crippen LogP contribution is -2.57. The lowest BCUT2D eigenvalue weighted by atomic mass is 9.94. The molecule has 9 nitrogen and oxygen atoms in total. The standard InChI is InChI=1S/C19H26N4O5S2/c1-2-21-29(25)11-7-19(8-12-29)14-23(9-10-28-19)17(24)13-20-18-15-5-3-4-6-16(15)30(26,27)22-18/h3-6H,2,7-14H2,1H3,(H,20,22). The van der Waals surface area contributed by atoms with Gasteiger partial charge in [-0.1, -0.05) is 12.1 Å². The van der Waals surface area contributed by atoms with Gasteiger partial charge in [0.15, 0.2) is 0 Å². The summed E-state index contributed by atoms with van der Waals surface area (Å²) < 4.78 is 49.7. The van der Waals surface area contributed by atoms with E-state index < -0.39 is 25.4 Å². The summed E-state index contributed by atoms with van der Waals surface area (Å²) in [6.07, 6.45) is 1.22. The van der Waals surface area contributed by atoms with Crippen molar-refractivity contribution in [3.63, 3.8) is 0 Å². The van der Waals surface area contributed by atoms with Gasteiger partial charge in [0, 0.05) is 46.4 Å². The predicted molar refractivity (Wildman–Crippen MR) is 114 cm³/mol. The summed E-state index contributed by atoms with van der Waals surface area (Å²) in [5.41, 5.74) is -0.00211. The molecule has 3 aliphatic rings. The van der Waals surface area contributed by atoms with E-state index in [1.807, 2.05) is 6.92 Å². The molecule has 2 saturated heterocycles. The van der Waals surface area contributed by atoms with E-state index in [4.69, 9.17) is 4.74 Å². The van der Waals surface area contributed by atoms with Crippen LogP contribution in [0.1, 0.15) is 25.3 Å². The smallest absolute Gasteiger partial charge is 0.263 e. The Kier molecular flexibility index (Phi) is 5.62. The Hall–Kier alpha value is -1.98. The number of rotatable bonds is 3. The molecule has 0 radical (unpaired) electrons. The summed E-state index contributed by atoms with van der Waals surface area (Å²) in [5, 5.41) is 0. The largest absolute Gasteiger partial charge is 0.371 e. The first-order valence-corrected chi connectivity index (χ1v) is 13.4. The Morgan fingerprint density at radius 2 is 1.97 bits per heavy atom. The summed E-state index contributed by atoms with van der Waals surface area (Å²) in [5.74, 6) is 0.992. The van der Waals surface area contributed by atoms with Gasteiger partial charge in [0.05, 0.1) is 17.1 Å². The number of sulfonamides is 1. The van der Waals surface area contributed by atoms with Crippen LogP contribution in [0.2, 0.25) is 0 Å². The van der Waals surface area contributed by atoms with Crippen LogP contribution in [0.3, 0.4) is 0 Å². The minimum absolute atomic E-state index is 0.149. The van der Waals surface area contributed by atoms with Crippen molar-refractivity contribution in [1.82, 2.24) is 9.62 Å². The average Bonchev–Trinajstić information content (AvgIpc) is 3.00. The molecule has 0 aliphatic carbocycles. The third kappa shape index (κ3) is 4.10. The van der Waals surface area contributed by atoms with Gasteiger partial charge in [-0.15, -0.1) is 0 Å². The van der Waals surface area contributed by atoms with Gasteiger partial charge in [-0.25, -0.2) is 17.0 Å². The zero-order chi connectivity index (χ0) is 21.4. The van der Waals surface area contributed by atoms with Crippen LogP contribution in [0.5, 0.6) is 0 Å². The molecule has 3 heterocycles. The molecule has 3 aliphatic heterocycles. The van der Waals surface area contributed by atoms with E-state index in [-0.39, 0.29) is 23.2 Å². The molecule has 1 amide bonds. The minimum Gasteiger partial charge on any atom is -0.371 e. The van der Waals surface area contributed by atoms with Gasteiger partial charge < -0.3 is 9.64 Å². The van der Waals surface area contributed by atoms with Crippen molar-refractivity contribution in [2.75, 3.05) is 44.3 Å². The first kappa shape index (κ1) is 21.3. The van der Waals surface area contributed by atoms with Gasteiger partial charge in [-0.2, -0.15) is 0 Å². The Labute approximate surface area is 177 Å². The number of morpholine rings is 1. The van der Waals surface area contributed by atoms with Crippen molar-refractivity contribution < 1.29 is 22.2 Å². The number of nitrogens with zero attached hydrogens (tertiary/aromatic N) is 3. The van der Waals surface area contributed by atoms with E-state index in [1.54, 1.807) is 23.1 Å². The number of nitrogens with one attached hydrogen (secondary N) is 1. The van der Waals surface area contributed by atoms with Crippen molar-refractivity contribution in [1.29, 1.82) is 0 Å². The van der Waals surface area contributed by atoms with Crippen LogP contribution in [-0.4, -0.2) is 79.2 Å². The van der Waals surface area contributed by atoms with Crippen molar-refractivity contribution in [2.24, 2.45) is 9.36 Å². The topological polar surface area (TPSA) is 117 Å². The fraction of sp³-hybridized carbons (Fsp3) is 0.579. The lowest BCUT2D eigenvalue weighted by molar-refractivity contribution is -0.150. The molecule has 1 aromatic rings. The maximum atomic E-state index is 12.8. The molecule has 164 valence electrons. The van der Waals surface area contributed by atoms with E-state index in [0.717, 1.165) is 0 Å². The second-order valence-corrected chi connectivity index (χ2v) is 12.0. The second-order valence-electron chi connectivity index (χ2n) is 7.74. The molecular weight excluding hydrogens is 428 g/mol. The number of hydrogen-bond donors (Lipinski definition) is 1. The molecule has 30 heavy (non-hydrogen) atoms. The van der Waals surface area contributed by atoms with Gasteiger partial charge in [0.2, 0.25) is 5.91 Å². The Balaban J connectivity index is 1.43. The number of hydrogen-bond acceptors (Lipinski definition) is 7. The molecular formula is C19H26N4O5S2. The Morgan fingerprint density at radius 1 is 1.23 bits per heavy atom. The molecule has 1 N–H and O–H groups in total. The third-order valence-electron chi connectivity index (χ3n) is 5.75. The maximum absolute atomic E-state index is 12.8. The lowest BCUT2D eigenvalue weighted by Gasteiger charge is -2.45. The molecule has 0 aromatic heterocycles. The van der Waals surface area contributed by atoms with E-state index in [0.29, 0.717) is 56.2 Å². The van der Waals surface area contributed by atoms with Crippen molar-refractivity contribution in [2.45, 2.75) is 30.3 Å². The molecule has 0 atom stereocenters. The highest BCUT2D eigenvalue weighted by molar-refractivity contribution is 7.93. The van der Waals surface area contributed by atoms with Crippen molar-refractivity contribution in [3.05, 3.63) is 29.8 Å². The molecule has 11 heteroatoms. The first-order chi connectivity index (χ1) is 14.3. The van der Waals surface area contributed by atoms with Crippen LogP contribution in [0.4, 0.5) is 0 Å². The van der Waals surface area contributed by atoms with Gasteiger partial charge >= 0.3 is 0 Å². The summed E-state index contributed by atoms with van der Waals surface area (Å²) >= 11 is 0. The average molecular weight is 455 g/mol. The summed E-state index contributed by atoms with van der Waals surface area (Å²) in [4.78, 5) is 18.9. The van der Waals surface area contributed by atoms with Crippen molar-refractivity contribution in [3.8, 4) is 0 Å². The van der Waals surface area contributed by atoms with Crippen LogP contribution >= 0.6 is 0 Å². The highest BCUT2D eigenvalue weighted by Crippen LogP contribution is 2.32. The quantitative estimate of drug-likeness (QED) is 0.718. The number of ether oxygens (including phenoxy) is 1. The fourth-order valence-electron chi connectivity index (χ4n) is 4.14. The monoisotopic (exact) mass is 454 g/mol. The molecule has 4 rings (SSSR count). The van der Waals surface area contributed by atoms with Crippen LogP contribution < -0.4 is 4.72 Å². The van der Waals surface area contributed by atoms with Gasteiger partial charge in [-0.05, 0) is 31.9 Å². The normalized spacial score (nSPS) is 31.4. The van der Waals surface area contributed by atoms with Gasteiger partial charge in [0.25, 0.3) is 10.0 Å². The summed E-state index contributed by atoms with van der Waals surface area (Å²) in [7, 11) is -5.79. The van der Waals surface area contributed by atoms with Crippen LogP contribution in [0.15, 0.2) is 38.5 Å². The van der Waals surface area contributed by atoms with E-state index >= 15 is 0 Å². The minimum atomic E-state index is -3.63.